The third kappa shape index (κ3) is 9.88. The highest BCUT2D eigenvalue weighted by Crippen LogP contribution is 2.36. The summed E-state index contributed by atoms with van der Waals surface area (Å²) in [5, 5.41) is 14.4. The number of nitrogens with zero attached hydrogens (tertiary/aromatic N) is 4. The quantitative estimate of drug-likeness (QED) is 0.0950. The molecule has 44 heavy (non-hydrogen) atoms. The smallest absolute Gasteiger partial charge is 0.321 e. The molecule has 2 amide bonds. The number of carbonyl (C=O) groups excluding carboxylic acids is 1. The van der Waals surface area contributed by atoms with Gasteiger partial charge in [0.1, 0.15) is 11.3 Å². The molecule has 0 radical (unpaired) electrons. The summed E-state index contributed by atoms with van der Waals surface area (Å²) in [6.45, 7) is 18.1. The van der Waals surface area contributed by atoms with Crippen molar-refractivity contribution in [1.82, 2.24) is 19.7 Å². The lowest BCUT2D eigenvalue weighted by molar-refractivity contribution is 0.127. The van der Waals surface area contributed by atoms with Gasteiger partial charge in [-0.3, -0.25) is 9.80 Å². The number of thioether (sulfide) groups is 1. The number of aromatic hydroxyl groups is 1. The molecule has 0 aliphatic carbocycles. The lowest BCUT2D eigenvalue weighted by atomic mass is 9.92. The molecule has 2 N–H and O–H groups in total. The third-order valence-corrected chi connectivity index (χ3v) is 9.35. The molecule has 0 bridgehead atoms. The first kappa shape index (κ1) is 34.1. The Hall–Kier alpha value is -2.75. The van der Waals surface area contributed by atoms with E-state index in [2.05, 4.69) is 54.7 Å². The van der Waals surface area contributed by atoms with Gasteiger partial charge in [0, 0.05) is 63.8 Å². The van der Waals surface area contributed by atoms with E-state index in [0.29, 0.717) is 6.54 Å². The van der Waals surface area contributed by atoms with Crippen LogP contribution in [0.15, 0.2) is 46.0 Å². The number of rotatable bonds is 16. The first-order chi connectivity index (χ1) is 21.2. The number of unbranched alkanes of at least 4 members (excludes halogenated alkanes) is 4. The maximum absolute atomic E-state index is 13.8. The van der Waals surface area contributed by atoms with E-state index in [0.717, 1.165) is 97.5 Å². The average molecular weight is 624 g/mol. The van der Waals surface area contributed by atoms with Gasteiger partial charge in [0.25, 0.3) is 5.22 Å². The molecule has 1 aliphatic heterocycles. The number of oxazole rings is 1. The third-order valence-electron chi connectivity index (χ3n) is 8.54. The number of anilines is 1. The number of amides is 2. The second-order valence-electron chi connectivity index (χ2n) is 12.6. The number of nitrogens with one attached hydrogen (secondary N) is 1. The number of hydrogen-bond donors (Lipinski definition) is 2. The van der Waals surface area contributed by atoms with Crippen LogP contribution in [0.25, 0.3) is 11.1 Å². The summed E-state index contributed by atoms with van der Waals surface area (Å²) in [6.07, 6.45) is 5.83. The molecule has 1 saturated heterocycles. The number of phenols is 1. The van der Waals surface area contributed by atoms with Crippen LogP contribution in [0.4, 0.5) is 10.5 Å². The van der Waals surface area contributed by atoms with Crippen molar-refractivity contribution in [2.45, 2.75) is 83.8 Å². The molecule has 9 heteroatoms. The second kappa shape index (κ2) is 17.1. The van der Waals surface area contributed by atoms with Crippen molar-refractivity contribution in [2.24, 2.45) is 0 Å². The molecule has 1 fully saturated rings. The molecule has 2 aromatic carbocycles. The summed E-state index contributed by atoms with van der Waals surface area (Å²) in [7, 11) is 0. The highest BCUT2D eigenvalue weighted by atomic mass is 32.2. The Balaban J connectivity index is 1.29. The number of fused-ring (bicyclic) bond motifs is 1. The highest BCUT2D eigenvalue weighted by Gasteiger charge is 2.23. The van der Waals surface area contributed by atoms with Gasteiger partial charge in [-0.15, -0.1) is 0 Å². The van der Waals surface area contributed by atoms with Crippen LogP contribution in [0.2, 0.25) is 0 Å². The van der Waals surface area contributed by atoms with Crippen molar-refractivity contribution in [2.75, 3.05) is 63.4 Å². The van der Waals surface area contributed by atoms with E-state index in [1.165, 1.54) is 19.3 Å². The van der Waals surface area contributed by atoms with Gasteiger partial charge >= 0.3 is 6.03 Å². The van der Waals surface area contributed by atoms with Crippen LogP contribution in [0, 0.1) is 0 Å². The molecule has 2 heterocycles. The fraction of sp³-hybridized carbons (Fsp3) is 0.600. The van der Waals surface area contributed by atoms with Gasteiger partial charge in [0.15, 0.2) is 5.58 Å². The molecule has 3 aromatic rings. The monoisotopic (exact) mass is 623 g/mol. The van der Waals surface area contributed by atoms with Gasteiger partial charge in [0.05, 0.1) is 0 Å². The van der Waals surface area contributed by atoms with E-state index in [1.54, 1.807) is 23.9 Å². The molecule has 0 saturated carbocycles. The number of hydrogen-bond acceptors (Lipinski definition) is 7. The zero-order chi connectivity index (χ0) is 31.5. The first-order valence-corrected chi connectivity index (χ1v) is 17.6. The molecule has 8 nitrogen and oxygen atoms in total. The van der Waals surface area contributed by atoms with Crippen LogP contribution in [0.3, 0.4) is 0 Å². The Kier molecular flexibility index (Phi) is 13.2. The summed E-state index contributed by atoms with van der Waals surface area (Å²) < 4.78 is 5.85. The zero-order valence-corrected chi connectivity index (χ0v) is 28.3. The van der Waals surface area contributed by atoms with Crippen LogP contribution in [-0.2, 0) is 0 Å². The van der Waals surface area contributed by atoms with Crippen LogP contribution < -0.4 is 5.32 Å². The van der Waals surface area contributed by atoms with E-state index in [-0.39, 0.29) is 23.6 Å². The van der Waals surface area contributed by atoms with Crippen molar-refractivity contribution in [3.8, 4) is 5.75 Å². The second-order valence-corrected chi connectivity index (χ2v) is 13.7. The molecule has 1 aromatic heterocycles. The van der Waals surface area contributed by atoms with Gasteiger partial charge in [-0.1, -0.05) is 84.2 Å². The minimum Gasteiger partial charge on any atom is -0.508 e. The molecular weight excluding hydrogens is 570 g/mol. The van der Waals surface area contributed by atoms with Crippen LogP contribution in [-0.4, -0.2) is 88.9 Å². The van der Waals surface area contributed by atoms with E-state index in [1.807, 2.05) is 29.2 Å². The molecule has 4 rings (SSSR count). The van der Waals surface area contributed by atoms with Crippen molar-refractivity contribution < 1.29 is 14.3 Å². The molecule has 1 aliphatic rings. The van der Waals surface area contributed by atoms with Gasteiger partial charge in [0.2, 0.25) is 0 Å². The maximum atomic E-state index is 13.8. The van der Waals surface area contributed by atoms with Crippen LogP contribution in [0.1, 0.15) is 89.7 Å². The fourth-order valence-corrected chi connectivity index (χ4v) is 6.64. The Morgan fingerprint density at radius 1 is 0.955 bits per heavy atom. The van der Waals surface area contributed by atoms with Gasteiger partial charge < -0.3 is 19.7 Å². The summed E-state index contributed by atoms with van der Waals surface area (Å²) in [4.78, 5) is 25.4. The summed E-state index contributed by atoms with van der Waals surface area (Å²) in [5.74, 6) is 1.57. The summed E-state index contributed by atoms with van der Waals surface area (Å²) in [5.41, 5.74) is 4.58. The fourth-order valence-electron chi connectivity index (χ4n) is 5.81. The normalized spacial score (nSPS) is 14.6. The van der Waals surface area contributed by atoms with Crippen LogP contribution in [0.5, 0.6) is 5.75 Å². The largest absolute Gasteiger partial charge is 0.508 e. The van der Waals surface area contributed by atoms with Crippen molar-refractivity contribution in [3.05, 3.63) is 47.5 Å². The number of carbonyl (C=O) groups is 1. The number of piperazine rings is 1. The Labute approximate surface area is 268 Å². The number of benzene rings is 2. The highest BCUT2D eigenvalue weighted by molar-refractivity contribution is 7.99. The molecule has 0 unspecified atom stereocenters. The number of urea groups is 1. The first-order valence-electron chi connectivity index (χ1n) is 16.6. The standard InChI is InChI=1S/C35H53N5O3S/c1-6-7-8-9-12-15-40(34(42)37-33-29(26(2)3)24-28(41)25-30(33)27(4)5)21-20-38-16-18-39(19-17-38)22-23-44-35-36-31-13-10-11-14-32(31)43-35/h10-11,13-14,24-27,41H,6-9,12,15-23H2,1-5H3,(H,37,42). The lowest BCUT2D eigenvalue weighted by Crippen LogP contribution is -2.49. The predicted molar refractivity (Wildman–Crippen MR) is 183 cm³/mol. The minimum atomic E-state index is -0.0372. The van der Waals surface area contributed by atoms with Crippen LogP contribution >= 0.6 is 11.8 Å². The average Bonchev–Trinajstić information content (AvgIpc) is 3.42. The molecule has 242 valence electrons. The minimum absolute atomic E-state index is 0.0372. The van der Waals surface area contributed by atoms with Gasteiger partial charge in [-0.25, -0.2) is 9.78 Å². The van der Waals surface area contributed by atoms with E-state index < -0.39 is 0 Å². The van der Waals surface area contributed by atoms with Crippen molar-refractivity contribution in [1.29, 1.82) is 0 Å². The van der Waals surface area contributed by atoms with Crippen molar-refractivity contribution in [3.63, 3.8) is 0 Å². The van der Waals surface area contributed by atoms with Gasteiger partial charge in [-0.05, 0) is 53.6 Å². The Morgan fingerprint density at radius 3 is 2.23 bits per heavy atom. The number of phenolic OH excluding ortho intramolecular Hbond substituents is 1. The Bertz CT molecular complexity index is 1260. The van der Waals surface area contributed by atoms with Crippen molar-refractivity contribution >= 4 is 34.6 Å². The zero-order valence-electron chi connectivity index (χ0n) is 27.5. The molecule has 0 atom stereocenters. The number of para-hydroxylation sites is 2. The predicted octanol–water partition coefficient (Wildman–Crippen LogP) is 7.99. The molecule has 0 spiro atoms. The van der Waals surface area contributed by atoms with Gasteiger partial charge in [-0.2, -0.15) is 0 Å². The number of aromatic nitrogens is 1. The van der Waals surface area contributed by atoms with E-state index in [9.17, 15) is 9.90 Å². The topological polar surface area (TPSA) is 85.1 Å². The summed E-state index contributed by atoms with van der Waals surface area (Å²) >= 11 is 1.68. The lowest BCUT2D eigenvalue weighted by Gasteiger charge is -2.36. The van der Waals surface area contributed by atoms with E-state index >= 15 is 0 Å². The molecular formula is C35H53N5O3S. The Morgan fingerprint density at radius 2 is 1.59 bits per heavy atom. The van der Waals surface area contributed by atoms with E-state index in [4.69, 9.17) is 4.42 Å². The SMILES string of the molecule is CCCCCCCN(CCN1CCN(CCSc2nc3ccccc3o2)CC1)C(=O)Nc1c(C(C)C)cc(O)cc1C(C)C. The summed E-state index contributed by atoms with van der Waals surface area (Å²) in [6, 6.07) is 11.5. The maximum Gasteiger partial charge on any atom is 0.321 e.